The smallest absolute Gasteiger partial charge is 0.0714 e. The minimum absolute atomic E-state index is 0.0769. The summed E-state index contributed by atoms with van der Waals surface area (Å²) in [6.07, 6.45) is -0.0769. The van der Waals surface area contributed by atoms with Gasteiger partial charge in [0.2, 0.25) is 0 Å². The Morgan fingerprint density at radius 1 is 1.67 bits per heavy atom. The zero-order valence-corrected chi connectivity index (χ0v) is 7.71. The quantitative estimate of drug-likeness (QED) is 0.528. The number of rotatable bonds is 1. The summed E-state index contributed by atoms with van der Waals surface area (Å²) in [4.78, 5) is 2.17. The largest absolute Gasteiger partial charge is 0.391 e. The van der Waals surface area contributed by atoms with E-state index in [1.54, 1.807) is 0 Å². The van der Waals surface area contributed by atoms with Crippen molar-refractivity contribution in [2.45, 2.75) is 6.10 Å². The zero-order chi connectivity index (χ0) is 6.85. The van der Waals surface area contributed by atoms with E-state index in [2.05, 4.69) is 34.5 Å². The molecule has 1 rings (SSSR count). The number of likely N-dealkylation sites (N-methyl/N-ethyl adjacent to an activating group) is 1. The number of aliphatic hydroxyl groups excluding tert-OH is 1. The van der Waals surface area contributed by atoms with Crippen LogP contribution < -0.4 is 0 Å². The van der Waals surface area contributed by atoms with Crippen LogP contribution >= 0.6 is 22.6 Å². The summed E-state index contributed by atoms with van der Waals surface area (Å²) in [7, 11) is 2.05. The highest BCUT2D eigenvalue weighted by Gasteiger charge is 2.27. The molecule has 54 valence electrons. The van der Waals surface area contributed by atoms with Gasteiger partial charge in [-0.1, -0.05) is 22.6 Å². The van der Waals surface area contributed by atoms with Crippen LogP contribution in [0.1, 0.15) is 0 Å². The first-order chi connectivity index (χ1) is 4.24. The summed E-state index contributed by atoms with van der Waals surface area (Å²) in [5, 5.41) is 9.31. The van der Waals surface area contributed by atoms with Crippen LogP contribution in [0.25, 0.3) is 0 Å². The topological polar surface area (TPSA) is 23.5 Å². The molecular formula is C6H12INO. The Hall–Kier alpha value is 0.650. The highest BCUT2D eigenvalue weighted by molar-refractivity contribution is 14.1. The second-order valence-electron chi connectivity index (χ2n) is 2.70. The van der Waals surface area contributed by atoms with Gasteiger partial charge in [-0.05, 0) is 7.05 Å². The summed E-state index contributed by atoms with van der Waals surface area (Å²) in [5.41, 5.74) is 0. The van der Waals surface area contributed by atoms with Gasteiger partial charge in [-0.2, -0.15) is 0 Å². The van der Waals surface area contributed by atoms with E-state index in [1.807, 2.05) is 0 Å². The first kappa shape index (κ1) is 7.75. The minimum Gasteiger partial charge on any atom is -0.391 e. The third-order valence-electron chi connectivity index (χ3n) is 1.79. The Morgan fingerprint density at radius 3 is 2.56 bits per heavy atom. The van der Waals surface area contributed by atoms with E-state index in [4.69, 9.17) is 0 Å². The fraction of sp³-hybridized carbons (Fsp3) is 1.00. The van der Waals surface area contributed by atoms with Gasteiger partial charge in [0.25, 0.3) is 0 Å². The van der Waals surface area contributed by atoms with Crippen LogP contribution in [0.2, 0.25) is 0 Å². The summed E-state index contributed by atoms with van der Waals surface area (Å²) in [5.74, 6) is 0.510. The van der Waals surface area contributed by atoms with E-state index in [0.717, 1.165) is 17.5 Å². The van der Waals surface area contributed by atoms with Crippen molar-refractivity contribution in [2.75, 3.05) is 24.6 Å². The van der Waals surface area contributed by atoms with Gasteiger partial charge in [-0.15, -0.1) is 0 Å². The van der Waals surface area contributed by atoms with Gasteiger partial charge in [0.05, 0.1) is 6.10 Å². The van der Waals surface area contributed by atoms with Gasteiger partial charge < -0.3 is 10.0 Å². The van der Waals surface area contributed by atoms with E-state index in [1.165, 1.54) is 0 Å². The van der Waals surface area contributed by atoms with Crippen LogP contribution in [-0.2, 0) is 0 Å². The average Bonchev–Trinajstić information content (AvgIpc) is 2.10. The molecule has 1 aliphatic rings. The Labute approximate surface area is 69.4 Å². The number of nitrogens with zero attached hydrogens (tertiary/aromatic N) is 1. The number of hydrogen-bond donors (Lipinski definition) is 1. The molecule has 0 spiro atoms. The van der Waals surface area contributed by atoms with E-state index < -0.39 is 0 Å². The van der Waals surface area contributed by atoms with Crippen molar-refractivity contribution in [3.8, 4) is 0 Å². The molecule has 0 radical (unpaired) electrons. The van der Waals surface area contributed by atoms with Crippen molar-refractivity contribution in [1.82, 2.24) is 4.90 Å². The Balaban J connectivity index is 2.38. The number of β-amino-alcohol motifs (C(OH)–C–C–N with tert-alkyl or cyclic N) is 1. The summed E-state index contributed by atoms with van der Waals surface area (Å²) < 4.78 is 1.07. The highest BCUT2D eigenvalue weighted by atomic mass is 127. The highest BCUT2D eigenvalue weighted by Crippen LogP contribution is 2.16. The molecule has 2 atom stereocenters. The molecule has 0 bridgehead atoms. The average molecular weight is 241 g/mol. The predicted molar refractivity (Wildman–Crippen MR) is 45.9 cm³/mol. The number of likely N-dealkylation sites (tertiary alicyclic amines) is 1. The van der Waals surface area contributed by atoms with Gasteiger partial charge in [-0.25, -0.2) is 0 Å². The molecule has 1 saturated heterocycles. The van der Waals surface area contributed by atoms with Gasteiger partial charge in [0.1, 0.15) is 0 Å². The Morgan fingerprint density at radius 2 is 2.33 bits per heavy atom. The lowest BCUT2D eigenvalue weighted by molar-refractivity contribution is 0.153. The van der Waals surface area contributed by atoms with Crippen LogP contribution in [0.4, 0.5) is 0 Å². The molecule has 1 fully saturated rings. The molecule has 0 unspecified atom stereocenters. The minimum atomic E-state index is -0.0769. The third-order valence-corrected chi connectivity index (χ3v) is 2.92. The van der Waals surface area contributed by atoms with Gasteiger partial charge in [0.15, 0.2) is 0 Å². The maximum Gasteiger partial charge on any atom is 0.0714 e. The van der Waals surface area contributed by atoms with Crippen molar-refractivity contribution in [1.29, 1.82) is 0 Å². The molecule has 3 heteroatoms. The van der Waals surface area contributed by atoms with Crippen molar-refractivity contribution < 1.29 is 5.11 Å². The lowest BCUT2D eigenvalue weighted by Gasteiger charge is -2.06. The zero-order valence-electron chi connectivity index (χ0n) is 5.55. The SMILES string of the molecule is CN1C[C@@H](CI)[C@H](O)C1. The molecular weight excluding hydrogens is 229 g/mol. The van der Waals surface area contributed by atoms with Gasteiger partial charge >= 0.3 is 0 Å². The van der Waals surface area contributed by atoms with Crippen molar-refractivity contribution in [3.05, 3.63) is 0 Å². The van der Waals surface area contributed by atoms with Crippen LogP contribution in [0.3, 0.4) is 0 Å². The number of halogens is 1. The normalized spacial score (nSPS) is 37.7. The standard InChI is InChI=1S/C6H12INO/c1-8-3-5(2-7)6(9)4-8/h5-6,9H,2-4H2,1H3/t5-,6-/m1/s1. The van der Waals surface area contributed by atoms with E-state index >= 15 is 0 Å². The van der Waals surface area contributed by atoms with E-state index in [9.17, 15) is 5.11 Å². The lowest BCUT2D eigenvalue weighted by Crippen LogP contribution is -2.18. The van der Waals surface area contributed by atoms with Crippen molar-refractivity contribution in [2.24, 2.45) is 5.92 Å². The molecule has 0 aromatic carbocycles. The summed E-state index contributed by atoms with van der Waals surface area (Å²) in [6, 6.07) is 0. The van der Waals surface area contributed by atoms with Crippen LogP contribution in [0, 0.1) is 5.92 Å². The molecule has 1 N–H and O–H groups in total. The molecule has 0 aromatic rings. The maximum atomic E-state index is 9.31. The van der Waals surface area contributed by atoms with E-state index in [0.29, 0.717) is 5.92 Å². The molecule has 0 aliphatic carbocycles. The third kappa shape index (κ3) is 1.78. The second kappa shape index (κ2) is 3.16. The molecule has 0 aromatic heterocycles. The first-order valence-electron chi connectivity index (χ1n) is 3.16. The van der Waals surface area contributed by atoms with Crippen LogP contribution in [0.15, 0.2) is 0 Å². The lowest BCUT2D eigenvalue weighted by atomic mass is 10.1. The number of aliphatic hydroxyl groups is 1. The van der Waals surface area contributed by atoms with Crippen LogP contribution in [0.5, 0.6) is 0 Å². The van der Waals surface area contributed by atoms with E-state index in [-0.39, 0.29) is 6.10 Å². The number of hydrogen-bond acceptors (Lipinski definition) is 2. The second-order valence-corrected chi connectivity index (χ2v) is 3.58. The maximum absolute atomic E-state index is 9.31. The predicted octanol–water partition coefficient (Wildman–Crippen LogP) is 0.344. The van der Waals surface area contributed by atoms with Crippen molar-refractivity contribution >= 4 is 22.6 Å². The van der Waals surface area contributed by atoms with Gasteiger partial charge in [0, 0.05) is 23.4 Å². The number of alkyl halides is 1. The molecule has 9 heavy (non-hydrogen) atoms. The first-order valence-corrected chi connectivity index (χ1v) is 4.69. The van der Waals surface area contributed by atoms with Crippen molar-refractivity contribution in [3.63, 3.8) is 0 Å². The Bertz CT molecular complexity index is 99.1. The molecule has 0 saturated carbocycles. The molecule has 1 heterocycles. The van der Waals surface area contributed by atoms with Gasteiger partial charge in [-0.3, -0.25) is 0 Å². The molecule has 2 nitrogen and oxygen atoms in total. The summed E-state index contributed by atoms with van der Waals surface area (Å²) >= 11 is 2.33. The fourth-order valence-corrected chi connectivity index (χ4v) is 2.08. The summed E-state index contributed by atoms with van der Waals surface area (Å²) in [6.45, 7) is 1.91. The monoisotopic (exact) mass is 241 g/mol. The fourth-order valence-electron chi connectivity index (χ4n) is 1.22. The van der Waals surface area contributed by atoms with Crippen LogP contribution in [-0.4, -0.2) is 40.7 Å². The molecule has 1 aliphatic heterocycles. The molecule has 0 amide bonds. The Kier molecular flexibility index (Phi) is 2.73.